The van der Waals surface area contributed by atoms with Gasteiger partial charge in [-0.2, -0.15) is 4.31 Å². The lowest BCUT2D eigenvalue weighted by Crippen LogP contribution is -2.38. The third-order valence-electron chi connectivity index (χ3n) is 6.37. The average Bonchev–Trinajstić information content (AvgIpc) is 2.96. The third kappa shape index (κ3) is 5.98. The molecule has 1 unspecified atom stereocenters. The molecule has 1 aliphatic heterocycles. The number of rotatable bonds is 9. The summed E-state index contributed by atoms with van der Waals surface area (Å²) in [5.74, 6) is 1.04. The minimum Gasteiger partial charge on any atom is -0.493 e. The highest BCUT2D eigenvalue weighted by Gasteiger charge is 2.34. The number of anilines is 1. The lowest BCUT2D eigenvalue weighted by atomic mass is 9.99. The van der Waals surface area contributed by atoms with Crippen LogP contribution in [0.3, 0.4) is 0 Å². The molecule has 4 rings (SSSR count). The zero-order chi connectivity index (χ0) is 27.1. The van der Waals surface area contributed by atoms with Gasteiger partial charge >= 0.3 is 0 Å². The van der Waals surface area contributed by atoms with E-state index in [-0.39, 0.29) is 16.8 Å². The molecule has 0 aliphatic carbocycles. The van der Waals surface area contributed by atoms with Crippen LogP contribution in [-0.4, -0.2) is 51.5 Å². The molecule has 0 saturated carbocycles. The van der Waals surface area contributed by atoms with Gasteiger partial charge in [0.25, 0.3) is 0 Å². The second-order valence-corrected chi connectivity index (χ2v) is 10.6. The topological polar surface area (TPSA) is 107 Å². The Labute approximate surface area is 223 Å². The first kappa shape index (κ1) is 27.2. The van der Waals surface area contributed by atoms with Crippen molar-refractivity contribution in [1.82, 2.24) is 9.29 Å². The standard InChI is InChI=1S/C28H31N3O6S/c1-35-25-17-20(18-26(36-2)28(25)37-3)9-14-27(32)30-22-10-12-23(13-11-22)38(33,34)31-16-5-4-8-24(31)21-7-6-15-29-19-21/h6-7,9-15,17-19,24H,4-5,8,16H2,1-3H3,(H,30,32)/b14-9+. The maximum Gasteiger partial charge on any atom is 0.248 e. The number of methoxy groups -OCH3 is 3. The van der Waals surface area contributed by atoms with Crippen molar-refractivity contribution in [3.05, 3.63) is 78.1 Å². The molecule has 10 heteroatoms. The van der Waals surface area contributed by atoms with E-state index in [9.17, 15) is 13.2 Å². The number of hydrogen-bond acceptors (Lipinski definition) is 7. The SMILES string of the molecule is COc1cc(/C=C/C(=O)Nc2ccc(S(=O)(=O)N3CCCCC3c3cccnc3)cc2)cc(OC)c1OC. The molecule has 1 amide bonds. The van der Waals surface area contributed by atoms with Crippen molar-refractivity contribution in [2.45, 2.75) is 30.2 Å². The van der Waals surface area contributed by atoms with Gasteiger partial charge in [0.05, 0.1) is 32.3 Å². The van der Waals surface area contributed by atoms with Crippen LogP contribution in [0.4, 0.5) is 5.69 Å². The Bertz CT molecular complexity index is 1370. The Hall–Kier alpha value is -3.89. The maximum atomic E-state index is 13.5. The third-order valence-corrected chi connectivity index (χ3v) is 8.29. The summed E-state index contributed by atoms with van der Waals surface area (Å²) in [6, 6.07) is 13.1. The molecule has 0 spiro atoms. The fourth-order valence-electron chi connectivity index (χ4n) is 4.50. The predicted octanol–water partition coefficient (Wildman–Crippen LogP) is 4.68. The second-order valence-electron chi connectivity index (χ2n) is 8.72. The molecular weight excluding hydrogens is 506 g/mol. The van der Waals surface area contributed by atoms with E-state index < -0.39 is 10.0 Å². The molecule has 1 aliphatic rings. The van der Waals surface area contributed by atoms with Crippen LogP contribution in [0.5, 0.6) is 17.2 Å². The molecule has 1 fully saturated rings. The summed E-state index contributed by atoms with van der Waals surface area (Å²) >= 11 is 0. The van der Waals surface area contributed by atoms with Crippen LogP contribution in [0.25, 0.3) is 6.08 Å². The van der Waals surface area contributed by atoms with Crippen molar-refractivity contribution >= 4 is 27.7 Å². The highest BCUT2D eigenvalue weighted by atomic mass is 32.2. The van der Waals surface area contributed by atoms with Crippen molar-refractivity contribution in [2.24, 2.45) is 0 Å². The van der Waals surface area contributed by atoms with Crippen molar-refractivity contribution in [3.8, 4) is 17.2 Å². The molecular formula is C28H31N3O6S. The van der Waals surface area contributed by atoms with E-state index in [2.05, 4.69) is 10.3 Å². The number of nitrogens with one attached hydrogen (secondary N) is 1. The van der Waals surface area contributed by atoms with Gasteiger partial charge in [0.2, 0.25) is 21.7 Å². The molecule has 1 saturated heterocycles. The highest BCUT2D eigenvalue weighted by molar-refractivity contribution is 7.89. The van der Waals surface area contributed by atoms with Crippen molar-refractivity contribution in [1.29, 1.82) is 0 Å². The highest BCUT2D eigenvalue weighted by Crippen LogP contribution is 2.38. The van der Waals surface area contributed by atoms with Crippen LogP contribution >= 0.6 is 0 Å². The van der Waals surface area contributed by atoms with Gasteiger partial charge in [-0.25, -0.2) is 8.42 Å². The number of hydrogen-bond donors (Lipinski definition) is 1. The van der Waals surface area contributed by atoms with Crippen LogP contribution in [0.15, 0.2) is 71.9 Å². The summed E-state index contributed by atoms with van der Waals surface area (Å²) in [7, 11) is 0.833. The molecule has 0 radical (unpaired) electrons. The number of sulfonamides is 1. The Morgan fingerprint density at radius 2 is 1.74 bits per heavy atom. The van der Waals surface area contributed by atoms with E-state index in [0.717, 1.165) is 24.8 Å². The first-order chi connectivity index (χ1) is 18.4. The van der Waals surface area contributed by atoms with Crippen LogP contribution in [0, 0.1) is 0 Å². The largest absolute Gasteiger partial charge is 0.493 e. The number of carbonyl (C=O) groups is 1. The number of carbonyl (C=O) groups excluding carboxylic acids is 1. The van der Waals surface area contributed by atoms with Crippen LogP contribution < -0.4 is 19.5 Å². The predicted molar refractivity (Wildman–Crippen MR) is 145 cm³/mol. The zero-order valence-electron chi connectivity index (χ0n) is 21.6. The number of benzene rings is 2. The van der Waals surface area contributed by atoms with Gasteiger partial charge in [-0.1, -0.05) is 12.5 Å². The van der Waals surface area contributed by atoms with E-state index >= 15 is 0 Å². The fourth-order valence-corrected chi connectivity index (χ4v) is 6.18. The fraction of sp³-hybridized carbons (Fsp3) is 0.286. The minimum absolute atomic E-state index is 0.180. The Kier molecular flexibility index (Phi) is 8.65. The van der Waals surface area contributed by atoms with Gasteiger partial charge in [0.15, 0.2) is 11.5 Å². The lowest BCUT2D eigenvalue weighted by Gasteiger charge is -2.34. The summed E-state index contributed by atoms with van der Waals surface area (Å²) < 4.78 is 44.5. The van der Waals surface area contributed by atoms with Crippen LogP contribution in [0.1, 0.15) is 36.4 Å². The maximum absolute atomic E-state index is 13.5. The van der Waals surface area contributed by atoms with E-state index in [4.69, 9.17) is 14.2 Å². The van der Waals surface area contributed by atoms with Gasteiger partial charge in [-0.3, -0.25) is 9.78 Å². The van der Waals surface area contributed by atoms with E-state index in [1.54, 1.807) is 47.0 Å². The molecule has 1 N–H and O–H groups in total. The number of piperidine rings is 1. The summed E-state index contributed by atoms with van der Waals surface area (Å²) in [6.07, 6.45) is 8.91. The Balaban J connectivity index is 1.46. The van der Waals surface area contributed by atoms with Gasteiger partial charge in [0.1, 0.15) is 0 Å². The average molecular weight is 538 g/mol. The molecule has 9 nitrogen and oxygen atoms in total. The molecule has 2 aromatic carbocycles. The van der Waals surface area contributed by atoms with Gasteiger partial charge < -0.3 is 19.5 Å². The number of nitrogens with zero attached hydrogens (tertiary/aromatic N) is 2. The van der Waals surface area contributed by atoms with E-state index in [1.165, 1.54) is 39.5 Å². The second kappa shape index (κ2) is 12.1. The first-order valence-corrected chi connectivity index (χ1v) is 13.6. The summed E-state index contributed by atoms with van der Waals surface area (Å²) in [4.78, 5) is 16.9. The van der Waals surface area contributed by atoms with Crippen molar-refractivity contribution < 1.29 is 27.4 Å². The molecule has 0 bridgehead atoms. The number of pyridine rings is 1. The minimum atomic E-state index is -3.72. The smallest absolute Gasteiger partial charge is 0.248 e. The molecule has 38 heavy (non-hydrogen) atoms. The number of amides is 1. The molecule has 2 heterocycles. The van der Waals surface area contributed by atoms with Crippen molar-refractivity contribution in [2.75, 3.05) is 33.2 Å². The number of ether oxygens (including phenoxy) is 3. The normalized spacial score (nSPS) is 16.2. The Morgan fingerprint density at radius 3 is 2.34 bits per heavy atom. The Morgan fingerprint density at radius 1 is 1.03 bits per heavy atom. The van der Waals surface area contributed by atoms with Crippen LogP contribution in [-0.2, 0) is 14.8 Å². The van der Waals surface area contributed by atoms with Gasteiger partial charge in [0, 0.05) is 30.7 Å². The van der Waals surface area contributed by atoms with Gasteiger partial charge in [-0.15, -0.1) is 0 Å². The molecule has 1 aromatic heterocycles. The van der Waals surface area contributed by atoms with E-state index in [0.29, 0.717) is 35.0 Å². The van der Waals surface area contributed by atoms with E-state index in [1.807, 2.05) is 12.1 Å². The lowest BCUT2D eigenvalue weighted by molar-refractivity contribution is -0.111. The molecule has 1 atom stereocenters. The molecule has 3 aromatic rings. The first-order valence-electron chi connectivity index (χ1n) is 12.2. The quantitative estimate of drug-likeness (QED) is 0.395. The summed E-state index contributed by atoms with van der Waals surface area (Å²) in [5.41, 5.74) is 2.05. The summed E-state index contributed by atoms with van der Waals surface area (Å²) in [6.45, 7) is 0.451. The zero-order valence-corrected chi connectivity index (χ0v) is 22.4. The van der Waals surface area contributed by atoms with Crippen molar-refractivity contribution in [3.63, 3.8) is 0 Å². The monoisotopic (exact) mass is 537 g/mol. The van der Waals surface area contributed by atoms with Crippen LogP contribution in [0.2, 0.25) is 0 Å². The van der Waals surface area contributed by atoms with Gasteiger partial charge in [-0.05, 0) is 72.5 Å². The molecule has 200 valence electrons. The summed E-state index contributed by atoms with van der Waals surface area (Å²) in [5, 5.41) is 2.76. The number of aromatic nitrogens is 1.